The third kappa shape index (κ3) is 2.56. The van der Waals surface area contributed by atoms with Crippen molar-refractivity contribution < 1.29 is 0 Å². The maximum Gasteiger partial charge on any atom is 0.0568 e. The lowest BCUT2D eigenvalue weighted by Gasteiger charge is -2.22. The van der Waals surface area contributed by atoms with Crippen LogP contribution in [-0.4, -0.2) is 22.9 Å². The van der Waals surface area contributed by atoms with Gasteiger partial charge in [0, 0.05) is 11.8 Å². The number of rotatable bonds is 2. The van der Waals surface area contributed by atoms with E-state index in [1.165, 1.54) is 35.1 Å². The topological polar surface area (TPSA) is 29.9 Å². The zero-order valence-electron chi connectivity index (χ0n) is 11.7. The van der Waals surface area contributed by atoms with Crippen molar-refractivity contribution in [2.45, 2.75) is 32.7 Å². The van der Waals surface area contributed by atoms with Gasteiger partial charge < -0.3 is 5.32 Å². The largest absolute Gasteiger partial charge is 0.317 e. The Morgan fingerprint density at radius 3 is 2.63 bits per heavy atom. The van der Waals surface area contributed by atoms with Crippen molar-refractivity contribution in [2.75, 3.05) is 13.1 Å². The fraction of sp³-hybridized carbons (Fsp3) is 0.438. The summed E-state index contributed by atoms with van der Waals surface area (Å²) in [6.45, 7) is 6.51. The predicted octanol–water partition coefficient (Wildman–Crippen LogP) is 3.09. The average Bonchev–Trinajstić information content (AvgIpc) is 2.93. The Bertz CT molecular complexity index is 565. The van der Waals surface area contributed by atoms with Crippen molar-refractivity contribution in [3.63, 3.8) is 0 Å². The van der Waals surface area contributed by atoms with Gasteiger partial charge in [0.05, 0.1) is 12.2 Å². The number of hydrogen-bond donors (Lipinski definition) is 1. The van der Waals surface area contributed by atoms with E-state index < -0.39 is 0 Å². The first-order chi connectivity index (χ1) is 9.24. The number of piperidine rings is 1. The molecule has 1 aliphatic rings. The number of aryl methyl sites for hydroxylation is 2. The molecular formula is C16H21N3. The quantitative estimate of drug-likeness (QED) is 0.893. The molecule has 19 heavy (non-hydrogen) atoms. The van der Waals surface area contributed by atoms with Crippen LogP contribution in [0.2, 0.25) is 0 Å². The molecule has 100 valence electrons. The summed E-state index contributed by atoms with van der Waals surface area (Å²) in [5, 5.41) is 7.95. The Morgan fingerprint density at radius 1 is 1.11 bits per heavy atom. The van der Waals surface area contributed by atoms with Crippen LogP contribution in [0.1, 0.15) is 30.0 Å². The van der Waals surface area contributed by atoms with Gasteiger partial charge in [0.2, 0.25) is 0 Å². The highest BCUT2D eigenvalue weighted by Crippen LogP contribution is 2.24. The first kappa shape index (κ1) is 12.4. The number of nitrogens with one attached hydrogen (secondary N) is 1. The minimum atomic E-state index is 0.557. The SMILES string of the molecule is Cc1ccc(-c2cnn(C3CCNCC3)c2)cc1C. The summed E-state index contributed by atoms with van der Waals surface area (Å²) in [5.41, 5.74) is 5.17. The summed E-state index contributed by atoms with van der Waals surface area (Å²) in [5.74, 6) is 0. The summed E-state index contributed by atoms with van der Waals surface area (Å²) >= 11 is 0. The molecule has 0 saturated carbocycles. The molecule has 1 fully saturated rings. The van der Waals surface area contributed by atoms with Gasteiger partial charge in [-0.05, 0) is 56.5 Å². The molecule has 1 aromatic carbocycles. The van der Waals surface area contributed by atoms with E-state index in [2.05, 4.69) is 53.3 Å². The Labute approximate surface area is 114 Å². The van der Waals surface area contributed by atoms with E-state index in [1.807, 2.05) is 6.20 Å². The first-order valence-corrected chi connectivity index (χ1v) is 7.06. The molecule has 0 unspecified atom stereocenters. The zero-order valence-corrected chi connectivity index (χ0v) is 11.7. The van der Waals surface area contributed by atoms with Gasteiger partial charge in [-0.2, -0.15) is 5.10 Å². The molecule has 3 nitrogen and oxygen atoms in total. The summed E-state index contributed by atoms with van der Waals surface area (Å²) in [6, 6.07) is 7.18. The van der Waals surface area contributed by atoms with Crippen molar-refractivity contribution >= 4 is 0 Å². The van der Waals surface area contributed by atoms with Crippen LogP contribution >= 0.6 is 0 Å². The standard InChI is InChI=1S/C16H21N3/c1-12-3-4-14(9-13(12)2)15-10-18-19(11-15)16-5-7-17-8-6-16/h3-4,9-11,16-17H,5-8H2,1-2H3. The first-order valence-electron chi connectivity index (χ1n) is 7.06. The number of hydrogen-bond acceptors (Lipinski definition) is 2. The van der Waals surface area contributed by atoms with Crippen molar-refractivity contribution in [1.29, 1.82) is 0 Å². The lowest BCUT2D eigenvalue weighted by Crippen LogP contribution is -2.29. The van der Waals surface area contributed by atoms with E-state index in [9.17, 15) is 0 Å². The lowest BCUT2D eigenvalue weighted by molar-refractivity contribution is 0.343. The average molecular weight is 255 g/mol. The molecule has 1 aliphatic heterocycles. The third-order valence-electron chi connectivity index (χ3n) is 4.12. The van der Waals surface area contributed by atoms with Crippen molar-refractivity contribution in [2.24, 2.45) is 0 Å². The molecule has 0 spiro atoms. The summed E-state index contributed by atoms with van der Waals surface area (Å²) < 4.78 is 2.14. The monoisotopic (exact) mass is 255 g/mol. The summed E-state index contributed by atoms with van der Waals surface area (Å²) in [7, 11) is 0. The Balaban J connectivity index is 1.85. The van der Waals surface area contributed by atoms with E-state index in [0.717, 1.165) is 13.1 Å². The summed E-state index contributed by atoms with van der Waals surface area (Å²) in [4.78, 5) is 0. The van der Waals surface area contributed by atoms with Crippen LogP contribution in [0.5, 0.6) is 0 Å². The smallest absolute Gasteiger partial charge is 0.0568 e. The molecule has 0 bridgehead atoms. The fourth-order valence-corrected chi connectivity index (χ4v) is 2.68. The second kappa shape index (κ2) is 5.17. The lowest BCUT2D eigenvalue weighted by atomic mass is 10.0. The molecule has 2 aromatic rings. The molecule has 0 aliphatic carbocycles. The van der Waals surface area contributed by atoms with Gasteiger partial charge in [-0.15, -0.1) is 0 Å². The number of nitrogens with zero attached hydrogens (tertiary/aromatic N) is 2. The van der Waals surface area contributed by atoms with Crippen LogP contribution in [-0.2, 0) is 0 Å². The maximum atomic E-state index is 4.56. The van der Waals surface area contributed by atoms with E-state index >= 15 is 0 Å². The van der Waals surface area contributed by atoms with Gasteiger partial charge in [-0.1, -0.05) is 18.2 Å². The zero-order chi connectivity index (χ0) is 13.2. The van der Waals surface area contributed by atoms with Crippen LogP contribution in [0.4, 0.5) is 0 Å². The molecule has 1 saturated heterocycles. The Morgan fingerprint density at radius 2 is 1.89 bits per heavy atom. The van der Waals surface area contributed by atoms with Crippen LogP contribution in [0, 0.1) is 13.8 Å². The van der Waals surface area contributed by atoms with Gasteiger partial charge in [0.25, 0.3) is 0 Å². The molecule has 0 atom stereocenters. The van der Waals surface area contributed by atoms with Crippen LogP contribution in [0.25, 0.3) is 11.1 Å². The van der Waals surface area contributed by atoms with Crippen molar-refractivity contribution in [3.8, 4) is 11.1 Å². The second-order valence-corrected chi connectivity index (χ2v) is 5.49. The summed E-state index contributed by atoms with van der Waals surface area (Å²) in [6.07, 6.45) is 6.54. The molecule has 1 N–H and O–H groups in total. The van der Waals surface area contributed by atoms with Crippen LogP contribution < -0.4 is 5.32 Å². The maximum absolute atomic E-state index is 4.56. The predicted molar refractivity (Wildman–Crippen MR) is 78.3 cm³/mol. The van der Waals surface area contributed by atoms with E-state index in [0.29, 0.717) is 6.04 Å². The number of aromatic nitrogens is 2. The molecule has 3 rings (SSSR count). The molecule has 0 radical (unpaired) electrons. The van der Waals surface area contributed by atoms with Gasteiger partial charge in [0.15, 0.2) is 0 Å². The highest BCUT2D eigenvalue weighted by atomic mass is 15.3. The minimum Gasteiger partial charge on any atom is -0.317 e. The third-order valence-corrected chi connectivity index (χ3v) is 4.12. The number of benzene rings is 1. The van der Waals surface area contributed by atoms with Gasteiger partial charge in [-0.25, -0.2) is 0 Å². The van der Waals surface area contributed by atoms with E-state index in [-0.39, 0.29) is 0 Å². The van der Waals surface area contributed by atoms with E-state index in [4.69, 9.17) is 0 Å². The second-order valence-electron chi connectivity index (χ2n) is 5.49. The molecule has 0 amide bonds. The minimum absolute atomic E-state index is 0.557. The van der Waals surface area contributed by atoms with Gasteiger partial charge in [0.1, 0.15) is 0 Å². The fourth-order valence-electron chi connectivity index (χ4n) is 2.68. The molecule has 2 heterocycles. The Hall–Kier alpha value is -1.61. The molecule has 3 heteroatoms. The van der Waals surface area contributed by atoms with Gasteiger partial charge >= 0.3 is 0 Å². The van der Waals surface area contributed by atoms with Gasteiger partial charge in [-0.3, -0.25) is 4.68 Å². The van der Waals surface area contributed by atoms with Crippen LogP contribution in [0.3, 0.4) is 0 Å². The molecular weight excluding hydrogens is 234 g/mol. The highest BCUT2D eigenvalue weighted by molar-refractivity contribution is 5.63. The normalized spacial score (nSPS) is 16.7. The molecule has 1 aromatic heterocycles. The van der Waals surface area contributed by atoms with Crippen molar-refractivity contribution in [3.05, 3.63) is 41.7 Å². The van der Waals surface area contributed by atoms with Crippen molar-refractivity contribution in [1.82, 2.24) is 15.1 Å². The highest BCUT2D eigenvalue weighted by Gasteiger charge is 2.15. The Kier molecular flexibility index (Phi) is 3.38. The van der Waals surface area contributed by atoms with Crippen LogP contribution in [0.15, 0.2) is 30.6 Å². The van der Waals surface area contributed by atoms with E-state index in [1.54, 1.807) is 0 Å².